The fraction of sp³-hybridized carbons (Fsp3) is 0.160. The average molecular weight is 431 g/mol. The van der Waals surface area contributed by atoms with Gasteiger partial charge in [-0.1, -0.05) is 42.5 Å². The Morgan fingerprint density at radius 1 is 1.00 bits per heavy atom. The van der Waals surface area contributed by atoms with Gasteiger partial charge in [0.15, 0.2) is 0 Å². The highest BCUT2D eigenvalue weighted by Gasteiger charge is 2.56. The number of anilines is 2. The minimum atomic E-state index is -1.60. The Hall–Kier alpha value is -3.25. The number of fused-ring (bicyclic) bond motifs is 2. The second-order valence-electron chi connectivity index (χ2n) is 7.63. The van der Waals surface area contributed by atoms with Crippen LogP contribution in [0.15, 0.2) is 88.5 Å². The molecule has 1 atom stereocenters. The van der Waals surface area contributed by atoms with Crippen LogP contribution < -0.4 is 4.90 Å². The van der Waals surface area contributed by atoms with Crippen molar-refractivity contribution in [3.63, 3.8) is 0 Å². The van der Waals surface area contributed by atoms with Crippen molar-refractivity contribution in [3.05, 3.63) is 99.6 Å². The smallest absolute Gasteiger partial charge is 0.272 e. The molecule has 1 aliphatic carbocycles. The number of allylic oxidation sites excluding steroid dienone is 3. The van der Waals surface area contributed by atoms with E-state index in [0.29, 0.717) is 34.3 Å². The van der Waals surface area contributed by atoms with Crippen molar-refractivity contribution in [1.29, 1.82) is 0 Å². The predicted octanol–water partition coefficient (Wildman–Crippen LogP) is 6.59. The molecule has 31 heavy (non-hydrogen) atoms. The van der Waals surface area contributed by atoms with Crippen molar-refractivity contribution in [2.75, 3.05) is 11.2 Å². The van der Waals surface area contributed by atoms with Gasteiger partial charge in [-0.3, -0.25) is 9.69 Å². The van der Waals surface area contributed by atoms with Crippen molar-refractivity contribution in [1.82, 2.24) is 0 Å². The van der Waals surface area contributed by atoms with Gasteiger partial charge in [-0.05, 0) is 70.5 Å². The number of rotatable bonds is 4. The number of hydrogen-bond acceptors (Lipinski definition) is 4. The number of carbonyl (C=O) groups excluding carboxylic acids is 1. The number of para-hydroxylation sites is 1. The molecule has 6 heteroatoms. The molecular formula is C25H19FN2O2S. The number of benzene rings is 3. The van der Waals surface area contributed by atoms with Gasteiger partial charge in [0.2, 0.25) is 5.54 Å². The van der Waals surface area contributed by atoms with E-state index in [1.165, 1.54) is 17.0 Å². The second-order valence-corrected chi connectivity index (χ2v) is 8.56. The third-order valence-electron chi connectivity index (χ3n) is 6.08. The molecule has 1 amide bonds. The van der Waals surface area contributed by atoms with Gasteiger partial charge < -0.3 is 0 Å². The quantitative estimate of drug-likeness (QED) is 0.439. The SMILES string of the molecule is CSC1=CC=C(C2(N=O)C(=O)N(c3cccc4cc(F)ccc34)c3ccccc32)CC1. The summed E-state index contributed by atoms with van der Waals surface area (Å²) >= 11 is 1.67. The van der Waals surface area contributed by atoms with Gasteiger partial charge in [0.05, 0.1) is 11.4 Å². The standard InChI is InChI=1S/C25H19FN2O2S/c1-31-19-12-9-17(10-13-19)25(27-30)21-6-2-3-7-23(21)28(24(25)29)22-8-4-5-16-15-18(26)11-14-20(16)22/h2-9,11-12,14-15H,10,13H2,1H3. The van der Waals surface area contributed by atoms with Crippen molar-refractivity contribution >= 4 is 39.8 Å². The van der Waals surface area contributed by atoms with Gasteiger partial charge in [0.25, 0.3) is 5.91 Å². The molecule has 0 saturated heterocycles. The molecule has 3 aromatic carbocycles. The number of amides is 1. The van der Waals surface area contributed by atoms with E-state index in [1.54, 1.807) is 40.9 Å². The van der Waals surface area contributed by atoms with Crippen LogP contribution in [0.25, 0.3) is 10.8 Å². The Bertz CT molecular complexity index is 1300. The van der Waals surface area contributed by atoms with Gasteiger partial charge in [0.1, 0.15) is 5.82 Å². The van der Waals surface area contributed by atoms with E-state index in [0.717, 1.165) is 11.8 Å². The molecule has 154 valence electrons. The number of carbonyl (C=O) groups is 1. The van der Waals surface area contributed by atoms with Gasteiger partial charge in [0, 0.05) is 10.9 Å². The van der Waals surface area contributed by atoms with E-state index in [9.17, 15) is 14.1 Å². The first-order valence-corrected chi connectivity index (χ1v) is 11.2. The summed E-state index contributed by atoms with van der Waals surface area (Å²) in [6.45, 7) is 0. The Kier molecular flexibility index (Phi) is 4.74. The van der Waals surface area contributed by atoms with E-state index in [1.807, 2.05) is 42.7 Å². The number of hydrogen-bond donors (Lipinski definition) is 0. The first-order valence-electron chi connectivity index (χ1n) is 10.0. The Morgan fingerprint density at radius 3 is 2.55 bits per heavy atom. The van der Waals surface area contributed by atoms with Gasteiger partial charge >= 0.3 is 0 Å². The summed E-state index contributed by atoms with van der Waals surface area (Å²) in [6.07, 6.45) is 7.21. The maximum Gasteiger partial charge on any atom is 0.272 e. The van der Waals surface area contributed by atoms with E-state index >= 15 is 0 Å². The molecule has 0 aromatic heterocycles. The molecule has 0 spiro atoms. The van der Waals surface area contributed by atoms with Gasteiger partial charge in [-0.25, -0.2) is 4.39 Å². The van der Waals surface area contributed by atoms with Crippen molar-refractivity contribution < 1.29 is 9.18 Å². The van der Waals surface area contributed by atoms with Crippen LogP contribution in [0.4, 0.5) is 15.8 Å². The molecule has 4 nitrogen and oxygen atoms in total. The summed E-state index contributed by atoms with van der Waals surface area (Å²) in [5.41, 5.74) is 0.925. The number of nitrogens with zero attached hydrogens (tertiary/aromatic N) is 2. The molecule has 0 radical (unpaired) electrons. The lowest BCUT2D eigenvalue weighted by atomic mass is 9.80. The highest BCUT2D eigenvalue weighted by molar-refractivity contribution is 8.02. The van der Waals surface area contributed by atoms with Gasteiger partial charge in [-0.2, -0.15) is 0 Å². The lowest BCUT2D eigenvalue weighted by molar-refractivity contribution is -0.121. The zero-order valence-corrected chi connectivity index (χ0v) is 17.7. The molecule has 3 aromatic rings. The molecule has 0 fully saturated rings. The molecule has 2 aliphatic rings. The summed E-state index contributed by atoms with van der Waals surface area (Å²) in [4.78, 5) is 29.2. The zero-order valence-electron chi connectivity index (χ0n) is 16.8. The first kappa shape index (κ1) is 19.7. The maximum atomic E-state index is 14.0. The largest absolute Gasteiger partial charge is 0.277 e. The third-order valence-corrected chi connectivity index (χ3v) is 6.95. The molecule has 0 bridgehead atoms. The van der Waals surface area contributed by atoms with Crippen LogP contribution in [-0.2, 0) is 10.3 Å². The number of nitroso groups, excluding NO2 is 1. The van der Waals surface area contributed by atoms with Crippen LogP contribution in [0.2, 0.25) is 0 Å². The average Bonchev–Trinajstić information content (AvgIpc) is 3.06. The van der Waals surface area contributed by atoms with Crippen molar-refractivity contribution in [3.8, 4) is 0 Å². The van der Waals surface area contributed by atoms with Crippen LogP contribution in [0.5, 0.6) is 0 Å². The lowest BCUT2D eigenvalue weighted by Crippen LogP contribution is -2.38. The molecule has 1 aliphatic heterocycles. The number of halogens is 1. The van der Waals surface area contributed by atoms with Crippen molar-refractivity contribution in [2.24, 2.45) is 5.18 Å². The Morgan fingerprint density at radius 2 is 1.81 bits per heavy atom. The van der Waals surface area contributed by atoms with E-state index in [4.69, 9.17) is 0 Å². The van der Waals surface area contributed by atoms with Gasteiger partial charge in [-0.15, -0.1) is 16.7 Å². The Labute approximate surface area is 183 Å². The Balaban J connectivity index is 1.74. The fourth-order valence-electron chi connectivity index (χ4n) is 4.58. The minimum absolute atomic E-state index is 0.342. The van der Waals surface area contributed by atoms with Crippen LogP contribution in [0.3, 0.4) is 0 Å². The van der Waals surface area contributed by atoms with Crippen LogP contribution in [0, 0.1) is 10.7 Å². The molecule has 0 saturated carbocycles. The normalized spacial score (nSPS) is 20.5. The van der Waals surface area contributed by atoms with Crippen LogP contribution >= 0.6 is 11.8 Å². The maximum absolute atomic E-state index is 14.0. The first-order chi connectivity index (χ1) is 15.1. The topological polar surface area (TPSA) is 49.7 Å². The molecule has 5 rings (SSSR count). The molecule has 0 N–H and O–H groups in total. The minimum Gasteiger partial charge on any atom is -0.277 e. The van der Waals surface area contributed by atoms with Crippen molar-refractivity contribution in [2.45, 2.75) is 18.4 Å². The zero-order chi connectivity index (χ0) is 21.6. The second kappa shape index (κ2) is 7.46. The van der Waals surface area contributed by atoms with Crippen LogP contribution in [-0.4, -0.2) is 12.2 Å². The highest BCUT2D eigenvalue weighted by atomic mass is 32.2. The third kappa shape index (κ3) is 2.86. The van der Waals surface area contributed by atoms with E-state index in [-0.39, 0.29) is 5.82 Å². The summed E-state index contributed by atoms with van der Waals surface area (Å²) in [6, 6.07) is 17.2. The van der Waals surface area contributed by atoms with Crippen LogP contribution in [0.1, 0.15) is 18.4 Å². The summed E-state index contributed by atoms with van der Waals surface area (Å²) in [5.74, 6) is -0.738. The predicted molar refractivity (Wildman–Crippen MR) is 124 cm³/mol. The highest BCUT2D eigenvalue weighted by Crippen LogP contribution is 2.52. The summed E-state index contributed by atoms with van der Waals surface area (Å²) in [5, 5.41) is 4.90. The summed E-state index contributed by atoms with van der Waals surface area (Å²) in [7, 11) is 0. The lowest BCUT2D eigenvalue weighted by Gasteiger charge is -2.27. The van der Waals surface area contributed by atoms with E-state index < -0.39 is 11.4 Å². The monoisotopic (exact) mass is 430 g/mol. The molecule has 1 heterocycles. The van der Waals surface area contributed by atoms with E-state index in [2.05, 4.69) is 5.18 Å². The fourth-order valence-corrected chi connectivity index (χ4v) is 5.09. The number of thioether (sulfide) groups is 1. The molecular weight excluding hydrogens is 411 g/mol. The summed E-state index contributed by atoms with van der Waals surface area (Å²) < 4.78 is 13.8. The molecule has 1 unspecified atom stereocenters.